The summed E-state index contributed by atoms with van der Waals surface area (Å²) in [7, 11) is 0. The van der Waals surface area contributed by atoms with Crippen LogP contribution in [0.25, 0.3) is 72.3 Å². The van der Waals surface area contributed by atoms with Crippen LogP contribution in [-0.2, 0) is 0 Å². The second-order valence-electron chi connectivity index (χ2n) is 16.8. The highest BCUT2D eigenvalue weighted by atomic mass is 16.5. The zero-order chi connectivity index (χ0) is 41.0. The van der Waals surface area contributed by atoms with Gasteiger partial charge < -0.3 is 4.74 Å². The van der Waals surface area contributed by atoms with E-state index >= 15 is 0 Å². The average Bonchev–Trinajstić information content (AvgIpc) is 3.83. The lowest BCUT2D eigenvalue weighted by Gasteiger charge is -2.27. The number of aryl methyl sites for hydroxylation is 1. The number of imidazole rings is 1. The SMILES string of the molecule is Cc1cccc2c1[n+](-c1c(-c3ccccc3)cccc1-c1ccccc1)[c-]n2-c1cccc(Oc2ccc3c4ccccc4n(-c4cc(C(C)C(C)(C)C)ccn4)c3c2)c1. The Morgan fingerprint density at radius 3 is 1.97 bits per heavy atom. The third-order valence-corrected chi connectivity index (χ3v) is 12.1. The fraction of sp³-hybridized carbons (Fsp3) is 0.127. The molecular weight excluding hydrogens is 733 g/mol. The van der Waals surface area contributed by atoms with Gasteiger partial charge in [-0.3, -0.25) is 13.7 Å². The summed E-state index contributed by atoms with van der Waals surface area (Å²) in [6.07, 6.45) is 5.77. The van der Waals surface area contributed by atoms with Gasteiger partial charge in [0.2, 0.25) is 0 Å². The summed E-state index contributed by atoms with van der Waals surface area (Å²) in [5.74, 6) is 2.74. The number of aromatic nitrogens is 4. The van der Waals surface area contributed by atoms with Crippen molar-refractivity contribution in [3.63, 3.8) is 0 Å². The zero-order valence-electron chi connectivity index (χ0n) is 34.6. The summed E-state index contributed by atoms with van der Waals surface area (Å²) in [6, 6.07) is 61.9. The van der Waals surface area contributed by atoms with Gasteiger partial charge in [-0.2, -0.15) is 0 Å². The highest BCUT2D eigenvalue weighted by molar-refractivity contribution is 6.09. The van der Waals surface area contributed by atoms with Gasteiger partial charge in [-0.15, -0.1) is 0 Å². The predicted molar refractivity (Wildman–Crippen MR) is 246 cm³/mol. The second kappa shape index (κ2) is 14.9. The van der Waals surface area contributed by atoms with Crippen LogP contribution < -0.4 is 9.30 Å². The van der Waals surface area contributed by atoms with Crippen molar-refractivity contribution in [3.8, 4) is 50.9 Å². The molecule has 60 heavy (non-hydrogen) atoms. The minimum absolute atomic E-state index is 0.122. The van der Waals surface area contributed by atoms with E-state index in [0.29, 0.717) is 5.92 Å². The maximum Gasteiger partial charge on any atom is 0.269 e. The van der Waals surface area contributed by atoms with E-state index in [-0.39, 0.29) is 5.41 Å². The quantitative estimate of drug-likeness (QED) is 0.114. The van der Waals surface area contributed by atoms with Crippen LogP contribution >= 0.6 is 0 Å². The topological polar surface area (TPSA) is 35.9 Å². The van der Waals surface area contributed by atoms with Gasteiger partial charge in [0, 0.05) is 23.0 Å². The molecule has 1 atom stereocenters. The Balaban J connectivity index is 1.09. The van der Waals surface area contributed by atoms with Crippen molar-refractivity contribution in [2.45, 2.75) is 40.5 Å². The third kappa shape index (κ3) is 6.53. The van der Waals surface area contributed by atoms with Crippen LogP contribution in [0.15, 0.2) is 182 Å². The maximum atomic E-state index is 6.76. The number of benzene rings is 7. The molecule has 10 aromatic rings. The lowest BCUT2D eigenvalue weighted by atomic mass is 9.78. The fourth-order valence-corrected chi connectivity index (χ4v) is 8.57. The van der Waals surface area contributed by atoms with Gasteiger partial charge in [-0.1, -0.05) is 149 Å². The van der Waals surface area contributed by atoms with Crippen LogP contribution in [0.1, 0.15) is 44.7 Å². The Bertz CT molecular complexity index is 3130. The first-order chi connectivity index (χ1) is 29.2. The number of fused-ring (bicyclic) bond motifs is 4. The summed E-state index contributed by atoms with van der Waals surface area (Å²) in [4.78, 5) is 4.92. The molecule has 5 nitrogen and oxygen atoms in total. The van der Waals surface area contributed by atoms with Crippen LogP contribution in [0.5, 0.6) is 11.5 Å². The van der Waals surface area contributed by atoms with Crippen LogP contribution in [0, 0.1) is 18.7 Å². The van der Waals surface area contributed by atoms with Gasteiger partial charge in [-0.05, 0) is 100 Å². The van der Waals surface area contributed by atoms with E-state index in [0.717, 1.165) is 84.0 Å². The Kier molecular flexibility index (Phi) is 9.17. The number of hydrogen-bond donors (Lipinski definition) is 0. The second-order valence-corrected chi connectivity index (χ2v) is 16.8. The molecule has 0 N–H and O–H groups in total. The number of rotatable bonds is 8. The number of pyridine rings is 1. The lowest BCUT2D eigenvalue weighted by molar-refractivity contribution is -0.571. The highest BCUT2D eigenvalue weighted by Gasteiger charge is 2.24. The molecule has 0 amide bonds. The standard InChI is InChI=1S/C55H46N4O/c1-37-17-14-28-50-53(37)58(54-45(39-18-8-6-9-19-39)25-16-26-46(54)40-20-10-7-11-21-40)36-57(50)42-22-15-23-43(34-42)60-44-29-30-48-47-24-12-13-27-49(47)59(51(48)35-44)52-33-41(31-32-56-52)38(2)55(3,4)5/h6-35,38H,1-5H3. The number of nitrogens with zero attached hydrogens (tertiary/aromatic N) is 4. The van der Waals surface area contributed by atoms with Crippen LogP contribution in [0.4, 0.5) is 0 Å². The summed E-state index contributed by atoms with van der Waals surface area (Å²) in [6.45, 7) is 11.3. The van der Waals surface area contributed by atoms with Crippen molar-refractivity contribution in [1.82, 2.24) is 14.1 Å². The van der Waals surface area contributed by atoms with E-state index in [4.69, 9.17) is 9.72 Å². The van der Waals surface area contributed by atoms with Gasteiger partial charge in [0.1, 0.15) is 17.3 Å². The van der Waals surface area contributed by atoms with Gasteiger partial charge in [0.15, 0.2) is 0 Å². The highest BCUT2D eigenvalue weighted by Crippen LogP contribution is 2.39. The summed E-state index contributed by atoms with van der Waals surface area (Å²) in [5, 5.41) is 2.33. The minimum atomic E-state index is 0.122. The average molecular weight is 779 g/mol. The molecular formula is C55H46N4O. The van der Waals surface area contributed by atoms with E-state index in [1.807, 2.05) is 12.3 Å². The van der Waals surface area contributed by atoms with Crippen molar-refractivity contribution in [3.05, 3.63) is 200 Å². The summed E-state index contributed by atoms with van der Waals surface area (Å²) < 4.78 is 13.4. The van der Waals surface area contributed by atoms with E-state index in [1.165, 1.54) is 10.9 Å². The lowest BCUT2D eigenvalue weighted by Crippen LogP contribution is -2.32. The molecule has 0 aliphatic carbocycles. The molecule has 0 fully saturated rings. The van der Waals surface area contributed by atoms with Gasteiger partial charge in [0.25, 0.3) is 6.33 Å². The van der Waals surface area contributed by atoms with Gasteiger partial charge in [0.05, 0.1) is 33.4 Å². The molecule has 0 aliphatic rings. The van der Waals surface area contributed by atoms with Crippen molar-refractivity contribution in [2.24, 2.45) is 5.41 Å². The molecule has 0 saturated carbocycles. The molecule has 0 radical (unpaired) electrons. The summed E-state index contributed by atoms with van der Waals surface area (Å²) in [5.41, 5.74) is 13.5. The Morgan fingerprint density at radius 1 is 0.600 bits per heavy atom. The molecule has 7 aromatic carbocycles. The smallest absolute Gasteiger partial charge is 0.269 e. The zero-order valence-corrected chi connectivity index (χ0v) is 34.6. The van der Waals surface area contributed by atoms with Crippen molar-refractivity contribution >= 4 is 32.8 Å². The molecule has 10 rings (SSSR count). The van der Waals surface area contributed by atoms with E-state index in [9.17, 15) is 0 Å². The van der Waals surface area contributed by atoms with E-state index in [1.54, 1.807) is 0 Å². The first-order valence-corrected chi connectivity index (χ1v) is 20.7. The number of hydrogen-bond acceptors (Lipinski definition) is 2. The van der Waals surface area contributed by atoms with E-state index < -0.39 is 0 Å². The molecule has 1 unspecified atom stereocenters. The molecule has 3 heterocycles. The summed E-state index contributed by atoms with van der Waals surface area (Å²) >= 11 is 0. The largest absolute Gasteiger partial charge is 0.458 e. The first kappa shape index (κ1) is 37.1. The third-order valence-electron chi connectivity index (χ3n) is 12.1. The van der Waals surface area contributed by atoms with Crippen LogP contribution in [0.3, 0.4) is 0 Å². The molecule has 5 heteroatoms. The monoisotopic (exact) mass is 778 g/mol. The van der Waals surface area contributed by atoms with Gasteiger partial charge in [-0.25, -0.2) is 4.98 Å². The molecule has 3 aromatic heterocycles. The first-order valence-electron chi connectivity index (χ1n) is 20.7. The van der Waals surface area contributed by atoms with Crippen molar-refractivity contribution in [2.75, 3.05) is 0 Å². The molecule has 0 bridgehead atoms. The molecule has 0 saturated heterocycles. The molecule has 292 valence electrons. The van der Waals surface area contributed by atoms with E-state index in [2.05, 4.69) is 225 Å². The fourth-order valence-electron chi connectivity index (χ4n) is 8.57. The van der Waals surface area contributed by atoms with Crippen molar-refractivity contribution in [1.29, 1.82) is 0 Å². The Morgan fingerprint density at radius 2 is 1.23 bits per heavy atom. The van der Waals surface area contributed by atoms with Gasteiger partial charge >= 0.3 is 0 Å². The maximum absolute atomic E-state index is 6.76. The van der Waals surface area contributed by atoms with Crippen LogP contribution in [-0.4, -0.2) is 14.1 Å². The molecule has 0 aliphatic heterocycles. The minimum Gasteiger partial charge on any atom is -0.458 e. The Labute approximate surface area is 351 Å². The molecule has 0 spiro atoms. The predicted octanol–water partition coefficient (Wildman–Crippen LogP) is 13.8. The number of para-hydroxylation sites is 3. The normalized spacial score (nSPS) is 12.3. The van der Waals surface area contributed by atoms with Crippen LogP contribution in [0.2, 0.25) is 0 Å². The Hall–Kier alpha value is -7.24. The number of ether oxygens (including phenoxy) is 1. The van der Waals surface area contributed by atoms with Crippen molar-refractivity contribution < 1.29 is 9.30 Å².